The highest BCUT2D eigenvalue weighted by molar-refractivity contribution is 5.93. The molecule has 1 atom stereocenters. The summed E-state index contributed by atoms with van der Waals surface area (Å²) in [4.78, 5) is 39.1. The number of amides is 1. The monoisotopic (exact) mass is 580 g/mol. The zero-order chi connectivity index (χ0) is 30.4. The molecular formula is C35H36N2O6. The Morgan fingerprint density at radius 3 is 2.16 bits per heavy atom. The van der Waals surface area contributed by atoms with Crippen LogP contribution in [0.4, 0.5) is 11.4 Å². The van der Waals surface area contributed by atoms with E-state index in [1.165, 1.54) is 0 Å². The summed E-state index contributed by atoms with van der Waals surface area (Å²) in [5, 5.41) is 12.9. The Kier molecular flexibility index (Phi) is 11.3. The molecule has 0 fully saturated rings. The number of rotatable bonds is 15. The van der Waals surface area contributed by atoms with Crippen molar-refractivity contribution in [1.82, 2.24) is 0 Å². The molecule has 0 spiro atoms. The molecule has 43 heavy (non-hydrogen) atoms. The van der Waals surface area contributed by atoms with Crippen LogP contribution in [0.15, 0.2) is 109 Å². The molecule has 222 valence electrons. The second-order valence-corrected chi connectivity index (χ2v) is 9.97. The van der Waals surface area contributed by atoms with E-state index in [1.54, 1.807) is 71.6 Å². The van der Waals surface area contributed by atoms with E-state index in [2.05, 4.69) is 5.32 Å². The SMILES string of the molecule is CCCC(=O)N(CCCOc1ccc(CC(Nc2ccccc2OC(=O)c2ccccc2)C(=O)O)cc1)c1ccccc1. The molecule has 8 nitrogen and oxygen atoms in total. The fourth-order valence-corrected chi connectivity index (χ4v) is 4.52. The maximum absolute atomic E-state index is 12.6. The summed E-state index contributed by atoms with van der Waals surface area (Å²) in [5.74, 6) is -0.569. The zero-order valence-corrected chi connectivity index (χ0v) is 24.1. The third kappa shape index (κ3) is 9.19. The smallest absolute Gasteiger partial charge is 0.343 e. The van der Waals surface area contributed by atoms with Gasteiger partial charge in [-0.1, -0.05) is 67.6 Å². The molecule has 4 aromatic carbocycles. The van der Waals surface area contributed by atoms with Crippen LogP contribution in [0.3, 0.4) is 0 Å². The van der Waals surface area contributed by atoms with E-state index in [0.29, 0.717) is 43.0 Å². The van der Waals surface area contributed by atoms with Crippen LogP contribution in [-0.2, 0) is 16.0 Å². The van der Waals surface area contributed by atoms with Crippen molar-refractivity contribution in [2.45, 2.75) is 38.6 Å². The van der Waals surface area contributed by atoms with Gasteiger partial charge in [0.05, 0.1) is 17.9 Å². The van der Waals surface area contributed by atoms with E-state index in [4.69, 9.17) is 9.47 Å². The van der Waals surface area contributed by atoms with E-state index in [9.17, 15) is 19.5 Å². The van der Waals surface area contributed by atoms with Gasteiger partial charge in [0, 0.05) is 25.1 Å². The van der Waals surface area contributed by atoms with Gasteiger partial charge in [0.25, 0.3) is 0 Å². The summed E-state index contributed by atoms with van der Waals surface area (Å²) in [6.45, 7) is 2.97. The number of nitrogens with zero attached hydrogens (tertiary/aromatic N) is 1. The molecule has 2 N–H and O–H groups in total. The van der Waals surface area contributed by atoms with Gasteiger partial charge in [-0.25, -0.2) is 9.59 Å². The highest BCUT2D eigenvalue weighted by Crippen LogP contribution is 2.26. The number of carbonyl (C=O) groups excluding carboxylic acids is 2. The van der Waals surface area contributed by atoms with Crippen molar-refractivity contribution < 1.29 is 29.0 Å². The normalized spacial score (nSPS) is 11.3. The largest absolute Gasteiger partial charge is 0.494 e. The molecule has 4 aromatic rings. The minimum absolute atomic E-state index is 0.0941. The number of benzene rings is 4. The number of hydrogen-bond donors (Lipinski definition) is 2. The van der Waals surface area contributed by atoms with Crippen LogP contribution in [0.5, 0.6) is 11.5 Å². The molecule has 8 heteroatoms. The van der Waals surface area contributed by atoms with Crippen molar-refractivity contribution in [3.63, 3.8) is 0 Å². The Balaban J connectivity index is 1.32. The molecular weight excluding hydrogens is 544 g/mol. The number of nitrogens with one attached hydrogen (secondary N) is 1. The number of hydrogen-bond acceptors (Lipinski definition) is 6. The number of anilines is 2. The minimum Gasteiger partial charge on any atom is -0.494 e. The predicted molar refractivity (Wildman–Crippen MR) is 167 cm³/mol. The first-order valence-corrected chi connectivity index (χ1v) is 14.4. The van der Waals surface area contributed by atoms with Crippen LogP contribution < -0.4 is 19.7 Å². The molecule has 0 aromatic heterocycles. The van der Waals surface area contributed by atoms with Gasteiger partial charge in [-0.05, 0) is 66.9 Å². The Morgan fingerprint density at radius 2 is 1.49 bits per heavy atom. The summed E-state index contributed by atoms with van der Waals surface area (Å²) in [5.41, 5.74) is 2.48. The molecule has 0 saturated carbocycles. The van der Waals surface area contributed by atoms with Gasteiger partial charge >= 0.3 is 11.9 Å². The van der Waals surface area contributed by atoms with E-state index in [1.807, 2.05) is 49.4 Å². The van der Waals surface area contributed by atoms with Crippen molar-refractivity contribution in [3.05, 3.63) is 120 Å². The Morgan fingerprint density at radius 1 is 0.837 bits per heavy atom. The van der Waals surface area contributed by atoms with Gasteiger partial charge in [0.15, 0.2) is 5.75 Å². The van der Waals surface area contributed by atoms with E-state index < -0.39 is 18.0 Å². The van der Waals surface area contributed by atoms with Crippen molar-refractivity contribution in [2.24, 2.45) is 0 Å². The van der Waals surface area contributed by atoms with Gasteiger partial charge < -0.3 is 24.8 Å². The lowest BCUT2D eigenvalue weighted by atomic mass is 10.1. The standard InChI is InChI=1S/C35H36N2O6/c1-2-12-33(38)37(28-15-7-4-8-16-28)23-11-24-42-29-21-19-26(20-22-29)25-31(34(39)40)36-30-17-9-10-18-32(30)43-35(41)27-13-5-3-6-14-27/h3-10,13-22,31,36H,2,11-12,23-25H2,1H3,(H,39,40). The summed E-state index contributed by atoms with van der Waals surface area (Å²) in [6, 6.07) is 31.3. The van der Waals surface area contributed by atoms with Gasteiger partial charge in [0.1, 0.15) is 11.8 Å². The van der Waals surface area contributed by atoms with Crippen molar-refractivity contribution in [1.29, 1.82) is 0 Å². The molecule has 0 aliphatic heterocycles. The summed E-state index contributed by atoms with van der Waals surface area (Å²) in [7, 11) is 0. The number of esters is 1. The molecule has 1 amide bonds. The number of carboxylic acid groups (broad SMARTS) is 1. The van der Waals surface area contributed by atoms with Crippen LogP contribution in [0.1, 0.15) is 42.1 Å². The van der Waals surface area contributed by atoms with Crippen molar-refractivity contribution in [3.8, 4) is 11.5 Å². The second-order valence-electron chi connectivity index (χ2n) is 9.97. The lowest BCUT2D eigenvalue weighted by molar-refractivity contribution is -0.137. The number of aliphatic carboxylic acids is 1. The number of ether oxygens (including phenoxy) is 2. The van der Waals surface area contributed by atoms with Crippen molar-refractivity contribution in [2.75, 3.05) is 23.4 Å². The number of carbonyl (C=O) groups is 3. The highest BCUT2D eigenvalue weighted by Gasteiger charge is 2.21. The molecule has 4 rings (SSSR count). The molecule has 0 saturated heterocycles. The fourth-order valence-electron chi connectivity index (χ4n) is 4.52. The topological polar surface area (TPSA) is 105 Å². The maximum atomic E-state index is 12.6. The Bertz CT molecular complexity index is 1480. The van der Waals surface area contributed by atoms with Gasteiger partial charge in [-0.2, -0.15) is 0 Å². The number of carboxylic acids is 1. The molecule has 0 radical (unpaired) electrons. The number of para-hydroxylation sites is 3. The summed E-state index contributed by atoms with van der Waals surface area (Å²) in [6.07, 6.45) is 2.14. The molecule has 1 unspecified atom stereocenters. The van der Waals surface area contributed by atoms with E-state index in [0.717, 1.165) is 17.7 Å². The molecule has 0 aliphatic rings. The van der Waals surface area contributed by atoms with Crippen LogP contribution in [-0.4, -0.2) is 42.1 Å². The lowest BCUT2D eigenvalue weighted by Crippen LogP contribution is -2.32. The third-order valence-electron chi connectivity index (χ3n) is 6.72. The van der Waals surface area contributed by atoms with Crippen molar-refractivity contribution >= 4 is 29.2 Å². The first-order chi connectivity index (χ1) is 20.9. The van der Waals surface area contributed by atoms with Crippen LogP contribution in [0.2, 0.25) is 0 Å². The third-order valence-corrected chi connectivity index (χ3v) is 6.72. The highest BCUT2D eigenvalue weighted by atomic mass is 16.5. The fraction of sp³-hybridized carbons (Fsp3) is 0.229. The van der Waals surface area contributed by atoms with Crippen LogP contribution in [0.25, 0.3) is 0 Å². The summed E-state index contributed by atoms with van der Waals surface area (Å²) < 4.78 is 11.5. The van der Waals surface area contributed by atoms with Gasteiger partial charge in [0.2, 0.25) is 5.91 Å². The van der Waals surface area contributed by atoms with E-state index in [-0.39, 0.29) is 18.1 Å². The zero-order valence-electron chi connectivity index (χ0n) is 24.1. The van der Waals surface area contributed by atoms with Crippen LogP contribution >= 0.6 is 0 Å². The first-order valence-electron chi connectivity index (χ1n) is 14.4. The average Bonchev–Trinajstić information content (AvgIpc) is 3.03. The minimum atomic E-state index is -1.04. The predicted octanol–water partition coefficient (Wildman–Crippen LogP) is 6.62. The molecule has 0 aliphatic carbocycles. The quantitative estimate of drug-likeness (QED) is 0.0925. The summed E-state index contributed by atoms with van der Waals surface area (Å²) >= 11 is 0. The lowest BCUT2D eigenvalue weighted by Gasteiger charge is -2.23. The average molecular weight is 581 g/mol. The molecule has 0 heterocycles. The Labute approximate surface area is 251 Å². The first kappa shape index (κ1) is 30.8. The van der Waals surface area contributed by atoms with Gasteiger partial charge in [-0.3, -0.25) is 4.79 Å². The van der Waals surface area contributed by atoms with E-state index >= 15 is 0 Å². The van der Waals surface area contributed by atoms with Gasteiger partial charge in [-0.15, -0.1) is 0 Å². The maximum Gasteiger partial charge on any atom is 0.343 e. The van der Waals surface area contributed by atoms with Crippen LogP contribution in [0, 0.1) is 0 Å². The molecule has 0 bridgehead atoms. The Hall–Kier alpha value is -5.11. The second kappa shape index (κ2) is 15.8.